The van der Waals surface area contributed by atoms with E-state index in [1.807, 2.05) is 0 Å². The van der Waals surface area contributed by atoms with Crippen LogP contribution in [0.2, 0.25) is 0 Å². The summed E-state index contributed by atoms with van der Waals surface area (Å²) in [6.07, 6.45) is -0.327. The minimum Gasteiger partial charge on any atom is -0.542 e. The number of hydrogen-bond acceptors (Lipinski definition) is 7. The number of amides is 1. The predicted octanol–water partition coefficient (Wildman–Crippen LogP) is -0.451. The number of nitrogens with two attached hydrogens (primary N) is 2. The highest BCUT2D eigenvalue weighted by Gasteiger charge is 2.28. The Bertz CT molecular complexity index is 537. The Hall–Kier alpha value is -1.47. The molecule has 1 amide bonds. The number of nitrogens with zero attached hydrogens (tertiary/aromatic N) is 1. The fourth-order valence-corrected chi connectivity index (χ4v) is 3.16. The van der Waals surface area contributed by atoms with Crippen LogP contribution in [-0.2, 0) is 9.59 Å². The number of hydrogen-bond donors (Lipinski definition) is 5. The van der Waals surface area contributed by atoms with Crippen molar-refractivity contribution in [3.05, 3.63) is 0 Å². The molecule has 34 heavy (non-hydrogen) atoms. The second-order valence-corrected chi connectivity index (χ2v) is 9.11. The van der Waals surface area contributed by atoms with Crippen LogP contribution in [0.15, 0.2) is 0 Å². The Kier molecular flexibility index (Phi) is 20.2. The van der Waals surface area contributed by atoms with Crippen LogP contribution in [0.3, 0.4) is 0 Å². The van der Waals surface area contributed by atoms with Crippen molar-refractivity contribution in [3.8, 4) is 0 Å². The van der Waals surface area contributed by atoms with Gasteiger partial charge in [-0.3, -0.25) is 4.79 Å². The maximum atomic E-state index is 12.6. The van der Waals surface area contributed by atoms with E-state index in [4.69, 9.17) is 21.4 Å². The third-order valence-corrected chi connectivity index (χ3v) is 5.24. The normalized spacial score (nSPS) is 13.6. The van der Waals surface area contributed by atoms with Gasteiger partial charge < -0.3 is 41.8 Å². The van der Waals surface area contributed by atoms with Crippen LogP contribution in [0, 0.1) is 5.92 Å². The molecule has 0 spiro atoms. The van der Waals surface area contributed by atoms with E-state index in [1.54, 1.807) is 0 Å². The molecular formula is C22H47F3N6O3. The molecule has 0 heterocycles. The number of carbonyl (C=O) groups excluding carboxylic acids is 2. The number of alkyl halides is 3. The van der Waals surface area contributed by atoms with Gasteiger partial charge in [-0.2, -0.15) is 13.2 Å². The lowest BCUT2D eigenvalue weighted by atomic mass is 10.1. The van der Waals surface area contributed by atoms with Crippen LogP contribution in [0.1, 0.15) is 46.0 Å². The van der Waals surface area contributed by atoms with Gasteiger partial charge in [0.25, 0.3) is 0 Å². The highest BCUT2D eigenvalue weighted by Crippen LogP contribution is 2.11. The smallest absolute Gasteiger partial charge is 0.430 e. The molecule has 0 aliphatic carbocycles. The second-order valence-electron chi connectivity index (χ2n) is 9.11. The molecule has 2 atom stereocenters. The lowest BCUT2D eigenvalue weighted by Crippen LogP contribution is -2.50. The number of likely N-dealkylation sites (N-methyl/N-ethyl adjacent to an activating group) is 1. The van der Waals surface area contributed by atoms with Crippen LogP contribution in [0.5, 0.6) is 0 Å². The maximum Gasteiger partial charge on any atom is 0.430 e. The molecule has 2 unspecified atom stereocenters. The van der Waals surface area contributed by atoms with Gasteiger partial charge in [0.05, 0.1) is 39.8 Å². The van der Waals surface area contributed by atoms with Gasteiger partial charge in [-0.05, 0) is 64.8 Å². The van der Waals surface area contributed by atoms with Crippen LogP contribution in [0.4, 0.5) is 13.2 Å². The summed E-state index contributed by atoms with van der Waals surface area (Å²) in [7, 11) is 4.48. The van der Waals surface area contributed by atoms with E-state index in [9.17, 15) is 18.0 Å². The van der Waals surface area contributed by atoms with E-state index < -0.39 is 12.1 Å². The van der Waals surface area contributed by atoms with Crippen LogP contribution in [-0.4, -0.2) is 95.0 Å². The number of rotatable bonds is 18. The largest absolute Gasteiger partial charge is 0.542 e. The molecule has 0 rings (SSSR count). The maximum absolute atomic E-state index is 12.6. The van der Waals surface area contributed by atoms with Gasteiger partial charge in [0, 0.05) is 5.92 Å². The van der Waals surface area contributed by atoms with Crippen molar-refractivity contribution in [2.75, 3.05) is 66.5 Å². The zero-order chi connectivity index (χ0) is 26.6. The molecule has 0 fully saturated rings. The Morgan fingerprint density at radius 1 is 1.00 bits per heavy atom. The molecule has 9 nitrogen and oxygen atoms in total. The molecule has 0 saturated heterocycles. The Balaban J connectivity index is 0. The van der Waals surface area contributed by atoms with Crippen molar-refractivity contribution < 1.29 is 32.3 Å². The fraction of sp³-hybridized carbons (Fsp3) is 0.909. The van der Waals surface area contributed by atoms with Crippen molar-refractivity contribution in [3.63, 3.8) is 0 Å². The third-order valence-electron chi connectivity index (χ3n) is 5.24. The summed E-state index contributed by atoms with van der Waals surface area (Å²) >= 11 is 0. The first-order valence-corrected chi connectivity index (χ1v) is 12.0. The monoisotopic (exact) mass is 500 g/mol. The topological polar surface area (TPSA) is 145 Å². The molecule has 0 aromatic heterocycles. The first-order chi connectivity index (χ1) is 15.8. The van der Waals surface area contributed by atoms with Crippen LogP contribution < -0.4 is 32.5 Å². The molecule has 12 heteroatoms. The van der Waals surface area contributed by atoms with Crippen LogP contribution in [0.25, 0.3) is 0 Å². The minimum atomic E-state index is -5.19. The van der Waals surface area contributed by atoms with E-state index in [0.717, 1.165) is 62.9 Å². The molecular weight excluding hydrogens is 453 g/mol. The summed E-state index contributed by atoms with van der Waals surface area (Å²) in [5.41, 5.74) is 11.1. The van der Waals surface area contributed by atoms with Crippen molar-refractivity contribution in [2.24, 2.45) is 17.4 Å². The average Bonchev–Trinajstić information content (AvgIpc) is 2.74. The first kappa shape index (κ1) is 34.7. The molecule has 0 aromatic carbocycles. The van der Waals surface area contributed by atoms with Crippen molar-refractivity contribution >= 4 is 11.9 Å². The number of carboxylic acid groups (broad SMARTS) is 1. The van der Waals surface area contributed by atoms with E-state index in [0.29, 0.717) is 25.6 Å². The lowest BCUT2D eigenvalue weighted by molar-refractivity contribution is -0.892. The number of aliphatic carboxylic acids is 1. The zero-order valence-corrected chi connectivity index (χ0v) is 21.3. The van der Waals surface area contributed by atoms with Gasteiger partial charge in [0.1, 0.15) is 5.97 Å². The standard InChI is InChI=1S/C20H46N6O.C2HF3O2/c1-5-18(2)17-26(3,4)16-15-25-20(27)19(24-14-8-11-22)9-6-12-23-13-7-10-21;3-2(4,5)1(6)7/h18-19,23-24H,5-17,21-22H2,1-4H3;(H,6,7). The van der Waals surface area contributed by atoms with E-state index in [-0.39, 0.29) is 11.9 Å². The van der Waals surface area contributed by atoms with Gasteiger partial charge in [-0.15, -0.1) is 0 Å². The average molecular weight is 501 g/mol. The van der Waals surface area contributed by atoms with Gasteiger partial charge in [-0.25, -0.2) is 0 Å². The van der Waals surface area contributed by atoms with Gasteiger partial charge in [0.15, 0.2) is 0 Å². The number of halogens is 3. The highest BCUT2D eigenvalue weighted by molar-refractivity contribution is 5.81. The predicted molar refractivity (Wildman–Crippen MR) is 127 cm³/mol. The molecule has 204 valence electrons. The van der Waals surface area contributed by atoms with Crippen molar-refractivity contribution in [2.45, 2.75) is 58.2 Å². The first-order valence-electron chi connectivity index (χ1n) is 12.0. The SMILES string of the molecule is CCC(C)C[N+](C)(C)CCNC(=O)C(CCCNCCCN)NCCCN.O=C([O-])C(F)(F)F. The van der Waals surface area contributed by atoms with E-state index in [1.165, 1.54) is 6.42 Å². The Morgan fingerprint density at radius 3 is 2.03 bits per heavy atom. The zero-order valence-electron chi connectivity index (χ0n) is 21.3. The number of quaternary nitrogens is 1. The lowest BCUT2D eigenvalue weighted by Gasteiger charge is -2.32. The van der Waals surface area contributed by atoms with Crippen molar-refractivity contribution in [1.29, 1.82) is 0 Å². The van der Waals surface area contributed by atoms with E-state index >= 15 is 0 Å². The molecule has 0 aromatic rings. The molecule has 0 aliphatic heterocycles. The quantitative estimate of drug-likeness (QED) is 0.127. The third kappa shape index (κ3) is 21.1. The summed E-state index contributed by atoms with van der Waals surface area (Å²) in [5.74, 6) is -2.20. The fourth-order valence-electron chi connectivity index (χ4n) is 3.16. The van der Waals surface area contributed by atoms with Gasteiger partial charge >= 0.3 is 6.18 Å². The minimum absolute atomic E-state index is 0.109. The molecule has 0 radical (unpaired) electrons. The van der Waals surface area contributed by atoms with Gasteiger partial charge in [0.2, 0.25) is 5.91 Å². The number of carboxylic acids is 1. The van der Waals surface area contributed by atoms with Crippen molar-refractivity contribution in [1.82, 2.24) is 16.0 Å². The Labute approximate surface area is 202 Å². The van der Waals surface area contributed by atoms with E-state index in [2.05, 4.69) is 43.9 Å². The van der Waals surface area contributed by atoms with Gasteiger partial charge in [-0.1, -0.05) is 13.8 Å². The second kappa shape index (κ2) is 19.8. The molecule has 0 aliphatic rings. The number of nitrogens with one attached hydrogen (secondary N) is 3. The van der Waals surface area contributed by atoms with Crippen LogP contribution >= 0.6 is 0 Å². The Morgan fingerprint density at radius 2 is 1.53 bits per heavy atom. The summed E-state index contributed by atoms with van der Waals surface area (Å²) < 4.78 is 32.5. The number of carbonyl (C=O) groups is 2. The summed E-state index contributed by atoms with van der Waals surface area (Å²) in [5, 5.41) is 18.7. The summed E-state index contributed by atoms with van der Waals surface area (Å²) in [4.78, 5) is 21.4. The summed E-state index contributed by atoms with van der Waals surface area (Å²) in [6.45, 7) is 11.3. The summed E-state index contributed by atoms with van der Waals surface area (Å²) in [6, 6.07) is -0.141. The highest BCUT2D eigenvalue weighted by atomic mass is 19.4. The molecule has 0 bridgehead atoms. The molecule has 0 saturated carbocycles. The molecule has 7 N–H and O–H groups in total.